The van der Waals surface area contributed by atoms with Crippen LogP contribution >= 0.6 is 11.6 Å². The van der Waals surface area contributed by atoms with Gasteiger partial charge in [-0.05, 0) is 12.1 Å². The average molecular weight is 297 g/mol. The summed E-state index contributed by atoms with van der Waals surface area (Å²) in [5.74, 6) is -0.992. The highest BCUT2D eigenvalue weighted by atomic mass is 35.5. The van der Waals surface area contributed by atoms with E-state index in [0.717, 1.165) is 0 Å². The van der Waals surface area contributed by atoms with E-state index < -0.39 is 11.8 Å². The molecule has 2 N–H and O–H groups in total. The number of nitrogens with zero attached hydrogens (tertiary/aromatic N) is 1. The molecule has 1 rings (SSSR count). The first-order chi connectivity index (χ1) is 9.58. The minimum atomic E-state index is -0.539. The average Bonchev–Trinajstić information content (AvgIpc) is 2.39. The first-order valence-corrected chi connectivity index (χ1v) is 6.49. The van der Waals surface area contributed by atoms with Crippen LogP contribution in [0.5, 0.6) is 0 Å². The number of amides is 2. The molecule has 5 nitrogen and oxygen atoms in total. The summed E-state index contributed by atoms with van der Waals surface area (Å²) in [6.07, 6.45) is 1.62. The van der Waals surface area contributed by atoms with Gasteiger partial charge in [0.25, 0.3) is 5.91 Å². The van der Waals surface area contributed by atoms with Crippen molar-refractivity contribution in [2.45, 2.75) is 0 Å². The monoisotopic (exact) mass is 296 g/mol. The van der Waals surface area contributed by atoms with Crippen molar-refractivity contribution in [3.05, 3.63) is 47.5 Å². The fraction of sp³-hybridized carbons (Fsp3) is 0.286. The van der Waals surface area contributed by atoms with E-state index in [1.165, 1.54) is 0 Å². The largest absolute Gasteiger partial charge is 0.395 e. The van der Waals surface area contributed by atoms with Crippen LogP contribution in [0, 0.1) is 0 Å². The molecule has 0 spiro atoms. The van der Waals surface area contributed by atoms with Crippen LogP contribution in [0.4, 0.5) is 0 Å². The van der Waals surface area contributed by atoms with E-state index in [1.807, 2.05) is 0 Å². The van der Waals surface area contributed by atoms with Gasteiger partial charge in [0.05, 0.1) is 23.7 Å². The van der Waals surface area contributed by atoms with Gasteiger partial charge in [-0.25, -0.2) is 0 Å². The molecular weight excluding hydrogens is 280 g/mol. The van der Waals surface area contributed by atoms with Crippen LogP contribution in [-0.2, 0) is 4.79 Å². The normalized spacial score (nSPS) is 10.3. The third-order valence-electron chi connectivity index (χ3n) is 2.54. The van der Waals surface area contributed by atoms with Gasteiger partial charge in [0.15, 0.2) is 0 Å². The number of nitrogens with one attached hydrogen (secondary N) is 1. The number of imide groups is 1. The van der Waals surface area contributed by atoms with Crippen molar-refractivity contribution in [3.8, 4) is 0 Å². The SMILES string of the molecule is C=CCN(CCO)CC(=O)NC(=O)c1ccccc1Cl. The zero-order valence-electron chi connectivity index (χ0n) is 11.0. The molecule has 0 saturated heterocycles. The lowest BCUT2D eigenvalue weighted by molar-refractivity contribution is -0.121. The fourth-order valence-corrected chi connectivity index (χ4v) is 1.86. The van der Waals surface area contributed by atoms with Gasteiger partial charge >= 0.3 is 0 Å². The Balaban J connectivity index is 2.59. The third-order valence-corrected chi connectivity index (χ3v) is 2.87. The second-order valence-electron chi connectivity index (χ2n) is 4.10. The Bertz CT molecular complexity index is 491. The number of hydrogen-bond acceptors (Lipinski definition) is 4. The van der Waals surface area contributed by atoms with E-state index in [0.29, 0.717) is 13.1 Å². The summed E-state index contributed by atoms with van der Waals surface area (Å²) in [6, 6.07) is 6.49. The molecule has 0 bridgehead atoms. The molecule has 2 amide bonds. The van der Waals surface area contributed by atoms with E-state index in [4.69, 9.17) is 16.7 Å². The van der Waals surface area contributed by atoms with E-state index in [1.54, 1.807) is 35.2 Å². The molecular formula is C14H17ClN2O3. The molecule has 0 unspecified atom stereocenters. The van der Waals surface area contributed by atoms with E-state index in [-0.39, 0.29) is 23.7 Å². The second-order valence-corrected chi connectivity index (χ2v) is 4.51. The number of benzene rings is 1. The summed E-state index contributed by atoms with van der Waals surface area (Å²) in [4.78, 5) is 25.3. The highest BCUT2D eigenvalue weighted by Gasteiger charge is 2.15. The van der Waals surface area contributed by atoms with Gasteiger partial charge in [0, 0.05) is 13.1 Å². The Morgan fingerprint density at radius 1 is 1.40 bits per heavy atom. The molecule has 6 heteroatoms. The Morgan fingerprint density at radius 2 is 2.10 bits per heavy atom. The van der Waals surface area contributed by atoms with Crippen molar-refractivity contribution in [1.82, 2.24) is 10.2 Å². The summed E-state index contributed by atoms with van der Waals surface area (Å²) in [5.41, 5.74) is 0.250. The maximum Gasteiger partial charge on any atom is 0.259 e. The molecule has 0 heterocycles. The molecule has 0 fully saturated rings. The Hall–Kier alpha value is -1.69. The zero-order valence-corrected chi connectivity index (χ0v) is 11.8. The predicted octanol–water partition coefficient (Wildman–Crippen LogP) is 1.08. The van der Waals surface area contributed by atoms with Gasteiger partial charge < -0.3 is 5.11 Å². The van der Waals surface area contributed by atoms with Crippen molar-refractivity contribution >= 4 is 23.4 Å². The van der Waals surface area contributed by atoms with Crippen LogP contribution in [0.1, 0.15) is 10.4 Å². The second kappa shape index (κ2) is 8.47. The molecule has 0 aliphatic heterocycles. The summed E-state index contributed by atoms with van der Waals surface area (Å²) >= 11 is 5.88. The number of rotatable bonds is 7. The highest BCUT2D eigenvalue weighted by Crippen LogP contribution is 2.14. The molecule has 0 aliphatic carbocycles. The van der Waals surface area contributed by atoms with Crippen molar-refractivity contribution in [3.63, 3.8) is 0 Å². The lowest BCUT2D eigenvalue weighted by Gasteiger charge is -2.18. The minimum Gasteiger partial charge on any atom is -0.395 e. The first kappa shape index (κ1) is 16.4. The lowest BCUT2D eigenvalue weighted by atomic mass is 10.2. The van der Waals surface area contributed by atoms with Gasteiger partial charge in [-0.15, -0.1) is 6.58 Å². The molecule has 0 aliphatic rings. The van der Waals surface area contributed by atoms with Crippen LogP contribution in [-0.4, -0.2) is 48.1 Å². The van der Waals surface area contributed by atoms with Gasteiger partial charge in [-0.1, -0.05) is 29.8 Å². The molecule has 1 aromatic carbocycles. The Morgan fingerprint density at radius 3 is 2.70 bits per heavy atom. The van der Waals surface area contributed by atoms with Gasteiger partial charge in [0.1, 0.15) is 0 Å². The highest BCUT2D eigenvalue weighted by molar-refractivity contribution is 6.34. The topological polar surface area (TPSA) is 69.6 Å². The van der Waals surface area contributed by atoms with Crippen LogP contribution < -0.4 is 5.32 Å². The molecule has 1 aromatic rings. The van der Waals surface area contributed by atoms with Crippen LogP contribution in [0.2, 0.25) is 5.02 Å². The molecule has 0 saturated carbocycles. The van der Waals surface area contributed by atoms with Crippen molar-refractivity contribution in [2.24, 2.45) is 0 Å². The standard InChI is InChI=1S/C14H17ClN2O3/c1-2-7-17(8-9-18)10-13(19)16-14(20)11-5-3-4-6-12(11)15/h2-6,18H,1,7-10H2,(H,16,19,20). The first-order valence-electron chi connectivity index (χ1n) is 6.11. The summed E-state index contributed by atoms with van der Waals surface area (Å²) in [7, 11) is 0. The van der Waals surface area contributed by atoms with Gasteiger partial charge in [0.2, 0.25) is 5.91 Å². The quantitative estimate of drug-likeness (QED) is 0.739. The minimum absolute atomic E-state index is 0.00275. The molecule has 0 radical (unpaired) electrons. The molecule has 108 valence electrons. The van der Waals surface area contributed by atoms with Crippen LogP contribution in [0.3, 0.4) is 0 Å². The summed E-state index contributed by atoms with van der Waals surface area (Å²) in [6.45, 7) is 4.29. The van der Waals surface area contributed by atoms with Gasteiger partial charge in [-0.3, -0.25) is 19.8 Å². The zero-order chi connectivity index (χ0) is 15.0. The summed E-state index contributed by atoms with van der Waals surface area (Å²) < 4.78 is 0. The number of carbonyl (C=O) groups is 2. The third kappa shape index (κ3) is 5.13. The van der Waals surface area contributed by atoms with Crippen LogP contribution in [0.15, 0.2) is 36.9 Å². The number of aliphatic hydroxyl groups is 1. The van der Waals surface area contributed by atoms with E-state index >= 15 is 0 Å². The smallest absolute Gasteiger partial charge is 0.259 e. The predicted molar refractivity (Wildman–Crippen MR) is 77.6 cm³/mol. The van der Waals surface area contributed by atoms with Gasteiger partial charge in [-0.2, -0.15) is 0 Å². The maximum atomic E-state index is 11.9. The Kier molecular flexibility index (Phi) is 6.93. The fourth-order valence-electron chi connectivity index (χ4n) is 1.64. The maximum absolute atomic E-state index is 11.9. The molecule has 0 atom stereocenters. The van der Waals surface area contributed by atoms with E-state index in [9.17, 15) is 9.59 Å². The number of halogens is 1. The number of carbonyl (C=O) groups excluding carboxylic acids is 2. The van der Waals surface area contributed by atoms with Crippen molar-refractivity contribution in [2.75, 3.05) is 26.2 Å². The lowest BCUT2D eigenvalue weighted by Crippen LogP contribution is -2.41. The number of aliphatic hydroxyl groups excluding tert-OH is 1. The summed E-state index contributed by atoms with van der Waals surface area (Å²) in [5, 5.41) is 11.4. The van der Waals surface area contributed by atoms with Crippen molar-refractivity contribution in [1.29, 1.82) is 0 Å². The molecule has 0 aromatic heterocycles. The van der Waals surface area contributed by atoms with Crippen molar-refractivity contribution < 1.29 is 14.7 Å². The number of hydrogen-bond donors (Lipinski definition) is 2. The van der Waals surface area contributed by atoms with Crippen LogP contribution in [0.25, 0.3) is 0 Å². The Labute approximate surface area is 122 Å². The van der Waals surface area contributed by atoms with E-state index in [2.05, 4.69) is 11.9 Å². The molecule has 20 heavy (non-hydrogen) atoms.